The van der Waals surface area contributed by atoms with Gasteiger partial charge in [-0.05, 0) is 49.3 Å². The molecule has 1 unspecified atom stereocenters. The first-order valence-electron chi connectivity index (χ1n) is 9.05. The van der Waals surface area contributed by atoms with E-state index in [1.165, 1.54) is 15.4 Å². The first-order valence-corrected chi connectivity index (χ1v) is 10.7. The molecule has 2 heterocycles. The summed E-state index contributed by atoms with van der Waals surface area (Å²) in [6, 6.07) is 5.52. The van der Waals surface area contributed by atoms with Crippen molar-refractivity contribution in [2.75, 3.05) is 25.4 Å². The number of hydrogen-bond donors (Lipinski definition) is 1. The van der Waals surface area contributed by atoms with Gasteiger partial charge in [0.15, 0.2) is 0 Å². The molecule has 0 aromatic heterocycles. The minimum absolute atomic E-state index is 0.0738. The first-order chi connectivity index (χ1) is 12.3. The van der Waals surface area contributed by atoms with Gasteiger partial charge < -0.3 is 5.32 Å². The Kier molecular flexibility index (Phi) is 4.07. The monoisotopic (exact) mass is 377 g/mol. The lowest BCUT2D eigenvalue weighted by Crippen LogP contribution is -2.42. The molecule has 1 atom stereocenters. The van der Waals surface area contributed by atoms with Crippen molar-refractivity contribution < 1.29 is 18.0 Å². The van der Waals surface area contributed by atoms with Crippen LogP contribution in [0.3, 0.4) is 0 Å². The van der Waals surface area contributed by atoms with Gasteiger partial charge in [-0.15, -0.1) is 0 Å². The van der Waals surface area contributed by atoms with Crippen LogP contribution >= 0.6 is 0 Å². The van der Waals surface area contributed by atoms with Crippen LogP contribution in [0.2, 0.25) is 0 Å². The lowest BCUT2D eigenvalue weighted by atomic mass is 9.90. The van der Waals surface area contributed by atoms with Crippen molar-refractivity contribution >= 4 is 22.0 Å². The number of hydrogen-bond acceptors (Lipinski definition) is 4. The number of amides is 3. The molecule has 8 heteroatoms. The molecule has 1 aromatic rings. The second kappa shape index (κ2) is 6.06. The van der Waals surface area contributed by atoms with Gasteiger partial charge in [-0.3, -0.25) is 9.69 Å². The molecule has 4 rings (SSSR count). The van der Waals surface area contributed by atoms with E-state index in [1.807, 2.05) is 18.2 Å². The minimum atomic E-state index is -3.24. The van der Waals surface area contributed by atoms with Crippen LogP contribution in [0.1, 0.15) is 36.5 Å². The number of carbonyl (C=O) groups is 2. The maximum absolute atomic E-state index is 13.0. The predicted molar refractivity (Wildman–Crippen MR) is 96.0 cm³/mol. The molecule has 3 amide bonds. The van der Waals surface area contributed by atoms with Gasteiger partial charge in [0.05, 0.1) is 5.75 Å². The number of carbonyl (C=O) groups excluding carboxylic acids is 2. The van der Waals surface area contributed by atoms with E-state index in [1.54, 1.807) is 6.92 Å². The number of aryl methyl sites for hydroxylation is 2. The molecule has 7 nitrogen and oxygen atoms in total. The van der Waals surface area contributed by atoms with Crippen molar-refractivity contribution in [3.8, 4) is 0 Å². The van der Waals surface area contributed by atoms with Crippen molar-refractivity contribution in [1.82, 2.24) is 14.5 Å². The van der Waals surface area contributed by atoms with E-state index in [0.717, 1.165) is 29.7 Å². The molecule has 2 fully saturated rings. The number of fused-ring (bicyclic) bond motifs is 1. The number of nitrogens with zero attached hydrogens (tertiary/aromatic N) is 2. The number of benzene rings is 1. The van der Waals surface area contributed by atoms with Gasteiger partial charge in [0.1, 0.15) is 5.54 Å². The van der Waals surface area contributed by atoms with E-state index >= 15 is 0 Å². The Bertz CT molecular complexity index is 882. The Hall–Kier alpha value is -1.93. The van der Waals surface area contributed by atoms with Crippen molar-refractivity contribution in [3.05, 3.63) is 34.9 Å². The van der Waals surface area contributed by atoms with Crippen LogP contribution < -0.4 is 5.32 Å². The topological polar surface area (TPSA) is 86.8 Å². The second-order valence-electron chi connectivity index (χ2n) is 7.42. The first kappa shape index (κ1) is 17.5. The summed E-state index contributed by atoms with van der Waals surface area (Å²) in [5.41, 5.74) is 2.24. The second-order valence-corrected chi connectivity index (χ2v) is 9.51. The molecule has 2 saturated heterocycles. The molecule has 0 saturated carbocycles. The highest BCUT2D eigenvalue weighted by molar-refractivity contribution is 7.89. The predicted octanol–water partition coefficient (Wildman–Crippen LogP) is 0.978. The summed E-state index contributed by atoms with van der Waals surface area (Å²) in [7, 11) is -3.24. The number of nitrogens with one attached hydrogen (secondary N) is 1. The van der Waals surface area contributed by atoms with Gasteiger partial charge in [0, 0.05) is 19.6 Å². The van der Waals surface area contributed by atoms with Crippen LogP contribution in [-0.2, 0) is 33.2 Å². The van der Waals surface area contributed by atoms with Gasteiger partial charge in [0.25, 0.3) is 5.91 Å². The Balaban J connectivity index is 1.53. The summed E-state index contributed by atoms with van der Waals surface area (Å²) >= 11 is 0. The summed E-state index contributed by atoms with van der Waals surface area (Å²) in [5, 5.41) is 2.80. The van der Waals surface area contributed by atoms with Crippen LogP contribution in [0.4, 0.5) is 4.79 Å². The van der Waals surface area contributed by atoms with Gasteiger partial charge in [-0.2, -0.15) is 0 Å². The van der Waals surface area contributed by atoms with Crippen LogP contribution in [0.25, 0.3) is 0 Å². The van der Waals surface area contributed by atoms with E-state index in [-0.39, 0.29) is 24.7 Å². The molecule has 26 heavy (non-hydrogen) atoms. The zero-order valence-corrected chi connectivity index (χ0v) is 15.6. The largest absolute Gasteiger partial charge is 0.325 e. The Morgan fingerprint density at radius 3 is 2.62 bits per heavy atom. The van der Waals surface area contributed by atoms with Crippen molar-refractivity contribution in [2.24, 2.45) is 0 Å². The summed E-state index contributed by atoms with van der Waals surface area (Å²) in [5.74, 6) is -0.183. The van der Waals surface area contributed by atoms with Gasteiger partial charge in [-0.25, -0.2) is 17.5 Å². The molecule has 0 spiro atoms. The fourth-order valence-corrected chi connectivity index (χ4v) is 5.65. The molecule has 1 aliphatic carbocycles. The van der Waals surface area contributed by atoms with Gasteiger partial charge in [-0.1, -0.05) is 18.2 Å². The van der Waals surface area contributed by atoms with Crippen LogP contribution in [0.5, 0.6) is 0 Å². The lowest BCUT2D eigenvalue weighted by Gasteiger charge is -2.23. The maximum atomic E-state index is 13.0. The van der Waals surface area contributed by atoms with E-state index in [2.05, 4.69) is 5.32 Å². The standard InChI is InChI=1S/C18H23N3O4S/c1-18(15-7-6-13-4-2-5-14(13)12-15)16(22)21(17(23)19-18)10-9-20-8-3-11-26(20,24)25/h6-7,12H,2-5,8-11H2,1H3,(H,19,23). The average Bonchev–Trinajstić information content (AvgIpc) is 3.24. The van der Waals surface area contributed by atoms with Crippen LogP contribution in [0.15, 0.2) is 18.2 Å². The molecule has 140 valence electrons. The quantitative estimate of drug-likeness (QED) is 0.793. The summed E-state index contributed by atoms with van der Waals surface area (Å²) in [6.07, 6.45) is 3.77. The Morgan fingerprint density at radius 2 is 1.88 bits per heavy atom. The fourth-order valence-electron chi connectivity index (χ4n) is 4.13. The number of rotatable bonds is 4. The third-order valence-corrected chi connectivity index (χ3v) is 7.68. The highest BCUT2D eigenvalue weighted by atomic mass is 32.2. The molecular weight excluding hydrogens is 354 g/mol. The number of urea groups is 1. The Morgan fingerprint density at radius 1 is 1.12 bits per heavy atom. The van der Waals surface area contributed by atoms with E-state index < -0.39 is 21.6 Å². The van der Waals surface area contributed by atoms with Crippen molar-refractivity contribution in [1.29, 1.82) is 0 Å². The zero-order chi connectivity index (χ0) is 18.5. The molecule has 1 N–H and O–H groups in total. The molecule has 0 radical (unpaired) electrons. The summed E-state index contributed by atoms with van der Waals surface area (Å²) < 4.78 is 25.2. The highest BCUT2D eigenvalue weighted by Crippen LogP contribution is 2.32. The Labute approximate surface area is 153 Å². The van der Waals surface area contributed by atoms with Crippen LogP contribution in [-0.4, -0.2) is 54.9 Å². The van der Waals surface area contributed by atoms with Crippen molar-refractivity contribution in [2.45, 2.75) is 38.1 Å². The lowest BCUT2D eigenvalue weighted by molar-refractivity contribution is -0.131. The maximum Gasteiger partial charge on any atom is 0.325 e. The van der Waals surface area contributed by atoms with Gasteiger partial charge >= 0.3 is 6.03 Å². The fraction of sp³-hybridized carbons (Fsp3) is 0.556. The number of sulfonamides is 1. The normalized spacial score (nSPS) is 27.8. The smallest absolute Gasteiger partial charge is 0.319 e. The van der Waals surface area contributed by atoms with Crippen molar-refractivity contribution in [3.63, 3.8) is 0 Å². The molecule has 1 aromatic carbocycles. The third-order valence-electron chi connectivity index (χ3n) is 5.73. The summed E-state index contributed by atoms with van der Waals surface area (Å²) in [6.45, 7) is 2.40. The van der Waals surface area contributed by atoms with Crippen LogP contribution in [0, 0.1) is 0 Å². The minimum Gasteiger partial charge on any atom is -0.319 e. The van der Waals surface area contributed by atoms with E-state index in [4.69, 9.17) is 0 Å². The SMILES string of the molecule is CC1(c2ccc3c(c2)CCC3)NC(=O)N(CCN2CCCS2(=O)=O)C1=O. The molecule has 2 aliphatic heterocycles. The van der Waals surface area contributed by atoms with E-state index in [0.29, 0.717) is 13.0 Å². The average molecular weight is 377 g/mol. The zero-order valence-electron chi connectivity index (χ0n) is 14.8. The molecule has 3 aliphatic rings. The number of imide groups is 1. The third kappa shape index (κ3) is 2.72. The summed E-state index contributed by atoms with van der Waals surface area (Å²) in [4.78, 5) is 26.5. The van der Waals surface area contributed by atoms with E-state index in [9.17, 15) is 18.0 Å². The van der Waals surface area contributed by atoms with Gasteiger partial charge in [0.2, 0.25) is 10.0 Å². The molecular formula is C18H23N3O4S. The molecule has 0 bridgehead atoms. The highest BCUT2D eigenvalue weighted by Gasteiger charge is 2.49.